The zero-order chi connectivity index (χ0) is 22.0. The fraction of sp³-hybridized carbons (Fsp3) is 0.261. The van der Waals surface area contributed by atoms with Crippen LogP contribution in [0.2, 0.25) is 0 Å². The number of nitrogens with zero attached hydrogens (tertiary/aromatic N) is 3. The van der Waals surface area contributed by atoms with Crippen LogP contribution in [-0.2, 0) is 16.0 Å². The monoisotopic (exact) mass is 418 g/mol. The van der Waals surface area contributed by atoms with Crippen molar-refractivity contribution in [3.05, 3.63) is 75.0 Å². The normalized spacial score (nSPS) is 16.0. The van der Waals surface area contributed by atoms with Crippen LogP contribution >= 0.6 is 0 Å². The third-order valence-corrected chi connectivity index (χ3v) is 5.65. The highest BCUT2D eigenvalue weighted by atomic mass is 16.6. The van der Waals surface area contributed by atoms with Crippen LogP contribution in [0.4, 0.5) is 11.5 Å². The molecule has 0 saturated carbocycles. The lowest BCUT2D eigenvalue weighted by atomic mass is 9.94. The van der Waals surface area contributed by atoms with Gasteiger partial charge in [-0.3, -0.25) is 19.7 Å². The molecule has 2 aliphatic heterocycles. The Morgan fingerprint density at radius 2 is 2.13 bits per heavy atom. The number of hydrogen-bond donors (Lipinski definition) is 1. The SMILES string of the molecule is Cc1c(C2=CCN(C(=O)C=Cc3cnc4c(c3)CCC(=O)N4)CC2)cccc1[N+](=O)[O-]. The number of anilines is 1. The Balaban J connectivity index is 1.43. The minimum absolute atomic E-state index is 0.0312. The van der Waals surface area contributed by atoms with Gasteiger partial charge in [0.15, 0.2) is 0 Å². The van der Waals surface area contributed by atoms with Gasteiger partial charge in [0.2, 0.25) is 11.8 Å². The lowest BCUT2D eigenvalue weighted by molar-refractivity contribution is -0.385. The molecule has 31 heavy (non-hydrogen) atoms. The summed E-state index contributed by atoms with van der Waals surface area (Å²) >= 11 is 0. The van der Waals surface area contributed by atoms with E-state index in [0.717, 1.165) is 22.3 Å². The van der Waals surface area contributed by atoms with Gasteiger partial charge < -0.3 is 10.2 Å². The molecule has 8 heteroatoms. The largest absolute Gasteiger partial charge is 0.335 e. The molecule has 4 rings (SSSR count). The molecule has 158 valence electrons. The fourth-order valence-electron chi connectivity index (χ4n) is 3.92. The van der Waals surface area contributed by atoms with E-state index in [0.29, 0.717) is 43.7 Å². The molecule has 2 amide bonds. The van der Waals surface area contributed by atoms with E-state index in [1.165, 1.54) is 12.1 Å². The Hall–Kier alpha value is -3.81. The van der Waals surface area contributed by atoms with Crippen LogP contribution in [0, 0.1) is 17.0 Å². The number of nitrogens with one attached hydrogen (secondary N) is 1. The first-order valence-corrected chi connectivity index (χ1v) is 10.1. The number of nitro benzene ring substituents is 1. The van der Waals surface area contributed by atoms with E-state index in [4.69, 9.17) is 0 Å². The number of rotatable bonds is 4. The maximum atomic E-state index is 12.6. The molecule has 0 radical (unpaired) electrons. The molecule has 0 bridgehead atoms. The van der Waals surface area contributed by atoms with Gasteiger partial charge in [0.05, 0.1) is 4.92 Å². The molecule has 0 saturated heterocycles. The molecule has 1 N–H and O–H groups in total. The molecule has 1 aromatic carbocycles. The first-order chi connectivity index (χ1) is 14.9. The quantitative estimate of drug-likeness (QED) is 0.465. The van der Waals surface area contributed by atoms with Crippen molar-refractivity contribution in [1.29, 1.82) is 0 Å². The first kappa shape index (κ1) is 20.5. The maximum Gasteiger partial charge on any atom is 0.272 e. The topological polar surface area (TPSA) is 105 Å². The average molecular weight is 418 g/mol. The van der Waals surface area contributed by atoms with Gasteiger partial charge in [-0.25, -0.2) is 4.98 Å². The highest BCUT2D eigenvalue weighted by Crippen LogP contribution is 2.30. The first-order valence-electron chi connectivity index (χ1n) is 10.1. The third-order valence-electron chi connectivity index (χ3n) is 5.65. The molecule has 2 aliphatic rings. The van der Waals surface area contributed by atoms with E-state index in [2.05, 4.69) is 10.3 Å². The van der Waals surface area contributed by atoms with Crippen LogP contribution in [0.5, 0.6) is 0 Å². The summed E-state index contributed by atoms with van der Waals surface area (Å²) < 4.78 is 0. The Bertz CT molecular complexity index is 1140. The van der Waals surface area contributed by atoms with Gasteiger partial charge >= 0.3 is 0 Å². The molecule has 0 fully saturated rings. The molecule has 2 aromatic rings. The zero-order valence-corrected chi connectivity index (χ0v) is 17.1. The van der Waals surface area contributed by atoms with E-state index in [1.807, 2.05) is 18.2 Å². The molecule has 0 aliphatic carbocycles. The van der Waals surface area contributed by atoms with Gasteiger partial charge in [0.1, 0.15) is 5.82 Å². The van der Waals surface area contributed by atoms with Gasteiger partial charge in [-0.1, -0.05) is 18.2 Å². The molecule has 0 spiro atoms. The third kappa shape index (κ3) is 4.37. The Labute approximate surface area is 179 Å². The number of aromatic nitrogens is 1. The highest BCUT2D eigenvalue weighted by molar-refractivity contribution is 5.94. The summed E-state index contributed by atoms with van der Waals surface area (Å²) in [5, 5.41) is 13.9. The number of hydrogen-bond acceptors (Lipinski definition) is 5. The summed E-state index contributed by atoms with van der Waals surface area (Å²) in [6, 6.07) is 7.02. The van der Waals surface area contributed by atoms with E-state index < -0.39 is 0 Å². The molecular weight excluding hydrogens is 396 g/mol. The van der Waals surface area contributed by atoms with Crippen LogP contribution in [0.15, 0.2) is 42.6 Å². The minimum Gasteiger partial charge on any atom is -0.335 e. The number of carbonyl (C=O) groups is 2. The summed E-state index contributed by atoms with van der Waals surface area (Å²) in [5.74, 6) is 0.457. The molecular formula is C23H22N4O4. The number of fused-ring (bicyclic) bond motifs is 1. The summed E-state index contributed by atoms with van der Waals surface area (Å²) in [6.07, 6.45) is 8.58. The molecule has 3 heterocycles. The molecule has 1 aromatic heterocycles. The number of amides is 2. The molecule has 0 unspecified atom stereocenters. The lowest BCUT2D eigenvalue weighted by Crippen LogP contribution is -2.33. The van der Waals surface area contributed by atoms with Crippen molar-refractivity contribution in [2.45, 2.75) is 26.2 Å². The van der Waals surface area contributed by atoms with Gasteiger partial charge in [-0.2, -0.15) is 0 Å². The van der Waals surface area contributed by atoms with Gasteiger partial charge in [-0.15, -0.1) is 0 Å². The average Bonchev–Trinajstić information content (AvgIpc) is 2.77. The Morgan fingerprint density at radius 3 is 2.87 bits per heavy atom. The number of carbonyl (C=O) groups excluding carboxylic acids is 2. The van der Waals surface area contributed by atoms with Crippen molar-refractivity contribution in [1.82, 2.24) is 9.88 Å². The second kappa shape index (κ2) is 8.51. The fourth-order valence-corrected chi connectivity index (χ4v) is 3.92. The number of nitro groups is 1. The smallest absolute Gasteiger partial charge is 0.272 e. The van der Waals surface area contributed by atoms with Crippen molar-refractivity contribution < 1.29 is 14.5 Å². The van der Waals surface area contributed by atoms with Crippen molar-refractivity contribution in [2.24, 2.45) is 0 Å². The predicted octanol–water partition coefficient (Wildman–Crippen LogP) is 3.51. The van der Waals surface area contributed by atoms with Crippen LogP contribution in [-0.4, -0.2) is 39.7 Å². The number of pyridine rings is 1. The van der Waals surface area contributed by atoms with Crippen LogP contribution in [0.1, 0.15) is 35.1 Å². The van der Waals surface area contributed by atoms with Gasteiger partial charge in [0.25, 0.3) is 5.69 Å². The van der Waals surface area contributed by atoms with Crippen molar-refractivity contribution in [3.8, 4) is 0 Å². The highest BCUT2D eigenvalue weighted by Gasteiger charge is 2.20. The second-order valence-corrected chi connectivity index (χ2v) is 7.63. The summed E-state index contributed by atoms with van der Waals surface area (Å²) in [6.45, 7) is 2.76. The standard InChI is InChI=1S/C23H22N4O4/c1-15-19(3-2-4-20(15)27(30)31)17-9-11-26(12-10-17)22(29)8-5-16-13-18-6-7-21(28)25-23(18)24-14-16/h2-5,8-9,13-14H,6-7,10-12H2,1H3,(H,24,25,28). The van der Waals surface area contributed by atoms with Crippen molar-refractivity contribution >= 4 is 35.0 Å². The summed E-state index contributed by atoms with van der Waals surface area (Å²) in [5.41, 5.74) is 4.42. The zero-order valence-electron chi connectivity index (χ0n) is 17.1. The predicted molar refractivity (Wildman–Crippen MR) is 117 cm³/mol. The van der Waals surface area contributed by atoms with Gasteiger partial charge in [-0.05, 0) is 54.2 Å². The summed E-state index contributed by atoms with van der Waals surface area (Å²) in [4.78, 5) is 40.8. The Kier molecular flexibility index (Phi) is 5.62. The van der Waals surface area contributed by atoms with E-state index in [1.54, 1.807) is 30.2 Å². The van der Waals surface area contributed by atoms with Crippen LogP contribution in [0.3, 0.4) is 0 Å². The van der Waals surface area contributed by atoms with E-state index in [9.17, 15) is 19.7 Å². The second-order valence-electron chi connectivity index (χ2n) is 7.63. The van der Waals surface area contributed by atoms with E-state index >= 15 is 0 Å². The lowest BCUT2D eigenvalue weighted by Gasteiger charge is -2.26. The molecule has 8 nitrogen and oxygen atoms in total. The van der Waals surface area contributed by atoms with Crippen molar-refractivity contribution in [2.75, 3.05) is 18.4 Å². The Morgan fingerprint density at radius 1 is 1.29 bits per heavy atom. The maximum absolute atomic E-state index is 12.6. The summed E-state index contributed by atoms with van der Waals surface area (Å²) in [7, 11) is 0. The number of benzene rings is 1. The number of aryl methyl sites for hydroxylation is 1. The minimum atomic E-state index is -0.369. The van der Waals surface area contributed by atoms with E-state index in [-0.39, 0.29) is 22.4 Å². The van der Waals surface area contributed by atoms with Crippen LogP contribution in [0.25, 0.3) is 11.6 Å². The molecule has 0 atom stereocenters. The van der Waals surface area contributed by atoms with Crippen LogP contribution < -0.4 is 5.32 Å². The van der Waals surface area contributed by atoms with Crippen molar-refractivity contribution in [3.63, 3.8) is 0 Å². The van der Waals surface area contributed by atoms with Gasteiger partial charge in [0, 0.05) is 43.4 Å².